The van der Waals surface area contributed by atoms with Gasteiger partial charge in [-0.25, -0.2) is 0 Å². The van der Waals surface area contributed by atoms with E-state index in [4.69, 9.17) is 0 Å². The Morgan fingerprint density at radius 2 is 1.92 bits per heavy atom. The molecule has 2 heterocycles. The van der Waals surface area contributed by atoms with Crippen molar-refractivity contribution in [3.8, 4) is 11.4 Å². The second-order valence-corrected chi connectivity index (χ2v) is 7.46. The lowest BCUT2D eigenvalue weighted by Gasteiger charge is -2.15. The highest BCUT2D eigenvalue weighted by Crippen LogP contribution is 2.23. The van der Waals surface area contributed by atoms with E-state index in [1.165, 1.54) is 11.8 Å². The zero-order chi connectivity index (χ0) is 18.2. The Morgan fingerprint density at radius 1 is 1.20 bits per heavy atom. The van der Waals surface area contributed by atoms with Crippen LogP contribution >= 0.6 is 11.8 Å². The summed E-state index contributed by atoms with van der Waals surface area (Å²) in [6.45, 7) is 9.25. The largest absolute Gasteiger partial charge is 0.353 e. The van der Waals surface area contributed by atoms with Crippen LogP contribution in [0.1, 0.15) is 40.5 Å². The van der Waals surface area contributed by atoms with Gasteiger partial charge in [0.15, 0.2) is 11.0 Å². The van der Waals surface area contributed by atoms with Crippen LogP contribution in [0, 0.1) is 5.92 Å². The lowest BCUT2D eigenvalue weighted by Crippen LogP contribution is -2.34. The third-order valence-electron chi connectivity index (χ3n) is 3.89. The van der Waals surface area contributed by atoms with Crippen molar-refractivity contribution >= 4 is 17.7 Å². The van der Waals surface area contributed by atoms with E-state index in [1.54, 1.807) is 12.4 Å². The zero-order valence-corrected chi connectivity index (χ0v) is 16.2. The summed E-state index contributed by atoms with van der Waals surface area (Å²) in [5, 5.41) is 12.3. The molecule has 0 aliphatic rings. The summed E-state index contributed by atoms with van der Waals surface area (Å²) >= 11 is 1.42. The molecule has 25 heavy (non-hydrogen) atoms. The molecule has 136 valence electrons. The van der Waals surface area contributed by atoms with Crippen molar-refractivity contribution in [2.75, 3.05) is 5.75 Å². The molecule has 1 unspecified atom stereocenters. The molecule has 0 aromatic carbocycles. The van der Waals surface area contributed by atoms with Gasteiger partial charge in [0.05, 0.1) is 5.75 Å². The van der Waals surface area contributed by atoms with Gasteiger partial charge >= 0.3 is 0 Å². The van der Waals surface area contributed by atoms with Gasteiger partial charge in [0.1, 0.15) is 0 Å². The molecular weight excluding hydrogens is 334 g/mol. The van der Waals surface area contributed by atoms with Crippen LogP contribution in [0.5, 0.6) is 0 Å². The average molecular weight is 362 g/mol. The van der Waals surface area contributed by atoms with Crippen LogP contribution in [0.3, 0.4) is 0 Å². The van der Waals surface area contributed by atoms with Crippen LogP contribution in [0.25, 0.3) is 11.4 Å². The Hall–Kier alpha value is -1.89. The van der Waals surface area contributed by atoms with E-state index in [0.29, 0.717) is 11.7 Å². The third-order valence-corrected chi connectivity index (χ3v) is 4.86. The number of carbonyl (C=O) groups is 1. The quantitative estimate of drug-likeness (QED) is 0.693. The molecule has 1 N–H and O–H groups in total. The van der Waals surface area contributed by atoms with Gasteiger partial charge in [0, 0.05) is 30.5 Å². The Kier molecular flexibility index (Phi) is 7.43. The number of hydrogen-bond donors (Lipinski definition) is 1. The second kappa shape index (κ2) is 9.56. The minimum Gasteiger partial charge on any atom is -0.353 e. The highest BCUT2D eigenvalue weighted by Gasteiger charge is 2.15. The lowest BCUT2D eigenvalue weighted by molar-refractivity contribution is -0.119. The molecule has 0 fully saturated rings. The predicted molar refractivity (Wildman–Crippen MR) is 101 cm³/mol. The number of thioether (sulfide) groups is 1. The molecule has 2 aromatic heterocycles. The number of pyridine rings is 1. The number of rotatable bonds is 9. The van der Waals surface area contributed by atoms with Gasteiger partial charge in [-0.1, -0.05) is 25.6 Å². The topological polar surface area (TPSA) is 72.7 Å². The van der Waals surface area contributed by atoms with Gasteiger partial charge in [0.25, 0.3) is 0 Å². The SMILES string of the molecule is CCn1c(SCC(=O)NC(C)CCC(C)C)nnc1-c1ccncc1. The molecule has 2 rings (SSSR count). The maximum Gasteiger partial charge on any atom is 0.230 e. The molecule has 0 saturated carbocycles. The van der Waals surface area contributed by atoms with Gasteiger partial charge < -0.3 is 9.88 Å². The van der Waals surface area contributed by atoms with E-state index in [1.807, 2.05) is 23.6 Å². The van der Waals surface area contributed by atoms with E-state index in [9.17, 15) is 4.79 Å². The summed E-state index contributed by atoms with van der Waals surface area (Å²) in [5.74, 6) is 1.85. The van der Waals surface area contributed by atoms with Crippen molar-refractivity contribution in [3.05, 3.63) is 24.5 Å². The fraction of sp³-hybridized carbons (Fsp3) is 0.556. The Labute approximate surface area is 153 Å². The summed E-state index contributed by atoms with van der Waals surface area (Å²) in [6, 6.07) is 4.02. The Morgan fingerprint density at radius 3 is 2.56 bits per heavy atom. The van der Waals surface area contributed by atoms with Crippen molar-refractivity contribution < 1.29 is 4.79 Å². The lowest BCUT2D eigenvalue weighted by atomic mass is 10.0. The number of nitrogens with zero attached hydrogens (tertiary/aromatic N) is 4. The van der Waals surface area contributed by atoms with E-state index in [2.05, 4.69) is 41.3 Å². The monoisotopic (exact) mass is 361 g/mol. The van der Waals surface area contributed by atoms with E-state index in [-0.39, 0.29) is 11.9 Å². The van der Waals surface area contributed by atoms with Gasteiger partial charge in [0.2, 0.25) is 5.91 Å². The van der Waals surface area contributed by atoms with Crippen molar-refractivity contribution in [1.29, 1.82) is 0 Å². The van der Waals surface area contributed by atoms with Crippen molar-refractivity contribution in [1.82, 2.24) is 25.1 Å². The van der Waals surface area contributed by atoms with Crippen LogP contribution in [0.4, 0.5) is 0 Å². The molecule has 0 spiro atoms. The molecule has 2 aromatic rings. The zero-order valence-electron chi connectivity index (χ0n) is 15.4. The van der Waals surface area contributed by atoms with Gasteiger partial charge in [-0.05, 0) is 44.7 Å². The maximum absolute atomic E-state index is 12.2. The first-order chi connectivity index (χ1) is 12.0. The molecule has 1 atom stereocenters. The van der Waals surface area contributed by atoms with Crippen molar-refractivity contribution in [2.45, 2.75) is 58.3 Å². The molecule has 7 heteroatoms. The molecule has 6 nitrogen and oxygen atoms in total. The highest BCUT2D eigenvalue weighted by molar-refractivity contribution is 7.99. The predicted octanol–water partition coefficient (Wildman–Crippen LogP) is 3.39. The third kappa shape index (κ3) is 5.85. The van der Waals surface area contributed by atoms with Crippen LogP contribution in [0.15, 0.2) is 29.7 Å². The summed E-state index contributed by atoms with van der Waals surface area (Å²) in [6.07, 6.45) is 5.60. The molecule has 0 aliphatic carbocycles. The average Bonchev–Trinajstić information content (AvgIpc) is 3.02. The van der Waals surface area contributed by atoms with E-state index in [0.717, 1.165) is 35.9 Å². The highest BCUT2D eigenvalue weighted by atomic mass is 32.2. The van der Waals surface area contributed by atoms with Crippen LogP contribution in [-0.2, 0) is 11.3 Å². The van der Waals surface area contributed by atoms with Gasteiger partial charge in [-0.15, -0.1) is 10.2 Å². The molecular formula is C18H27N5OS. The van der Waals surface area contributed by atoms with Crippen molar-refractivity contribution in [2.24, 2.45) is 5.92 Å². The molecule has 0 saturated heterocycles. The first-order valence-corrected chi connectivity index (χ1v) is 9.75. The van der Waals surface area contributed by atoms with Gasteiger partial charge in [-0.3, -0.25) is 9.78 Å². The van der Waals surface area contributed by atoms with Crippen LogP contribution in [-0.4, -0.2) is 37.5 Å². The number of carbonyl (C=O) groups excluding carboxylic acids is 1. The molecule has 0 radical (unpaired) electrons. The van der Waals surface area contributed by atoms with Gasteiger partial charge in [-0.2, -0.15) is 0 Å². The fourth-order valence-corrected chi connectivity index (χ4v) is 3.31. The van der Waals surface area contributed by atoms with Crippen molar-refractivity contribution in [3.63, 3.8) is 0 Å². The number of hydrogen-bond acceptors (Lipinski definition) is 5. The van der Waals surface area contributed by atoms with E-state index < -0.39 is 0 Å². The first-order valence-electron chi connectivity index (χ1n) is 8.77. The first kappa shape index (κ1) is 19.4. The van der Waals surface area contributed by atoms with Crippen LogP contribution < -0.4 is 5.32 Å². The number of nitrogens with one attached hydrogen (secondary N) is 1. The molecule has 1 amide bonds. The standard InChI is InChI=1S/C18H27N5OS/c1-5-23-17(15-8-10-19-11-9-15)21-22-18(23)25-12-16(24)20-14(4)7-6-13(2)3/h8-11,13-14H,5-7,12H2,1-4H3,(H,20,24). The summed E-state index contributed by atoms with van der Waals surface area (Å²) in [7, 11) is 0. The molecule has 0 aliphatic heterocycles. The molecule has 0 bridgehead atoms. The fourth-order valence-electron chi connectivity index (χ4n) is 2.50. The Bertz CT molecular complexity index is 671. The maximum atomic E-state index is 12.2. The van der Waals surface area contributed by atoms with Crippen LogP contribution in [0.2, 0.25) is 0 Å². The Balaban J connectivity index is 1.93. The number of aromatic nitrogens is 4. The number of amides is 1. The minimum absolute atomic E-state index is 0.0392. The minimum atomic E-state index is 0.0392. The normalized spacial score (nSPS) is 12.4. The summed E-state index contributed by atoms with van der Waals surface area (Å²) < 4.78 is 2.02. The summed E-state index contributed by atoms with van der Waals surface area (Å²) in [5.41, 5.74) is 0.975. The summed E-state index contributed by atoms with van der Waals surface area (Å²) in [4.78, 5) is 16.2. The smallest absolute Gasteiger partial charge is 0.230 e. The second-order valence-electron chi connectivity index (χ2n) is 6.51. The van der Waals surface area contributed by atoms with E-state index >= 15 is 0 Å².